The predicted octanol–water partition coefficient (Wildman–Crippen LogP) is 3.24. The summed E-state index contributed by atoms with van der Waals surface area (Å²) in [5.41, 5.74) is 1.80. The molecule has 2 N–H and O–H groups in total. The smallest absolute Gasteiger partial charge is 0.220 e. The predicted molar refractivity (Wildman–Crippen MR) is 71.9 cm³/mol. The van der Waals surface area contributed by atoms with Gasteiger partial charge in [-0.15, -0.1) is 0 Å². The van der Waals surface area contributed by atoms with Crippen molar-refractivity contribution in [2.45, 2.75) is 39.7 Å². The fourth-order valence-corrected chi connectivity index (χ4v) is 2.40. The molecule has 0 saturated carbocycles. The van der Waals surface area contributed by atoms with Crippen molar-refractivity contribution < 1.29 is 14.8 Å². The van der Waals surface area contributed by atoms with Gasteiger partial charge in [0.2, 0.25) is 5.52 Å². The van der Waals surface area contributed by atoms with Crippen molar-refractivity contribution in [3.05, 3.63) is 30.0 Å². The van der Waals surface area contributed by atoms with Crippen LogP contribution in [0.1, 0.15) is 45.2 Å². The lowest BCUT2D eigenvalue weighted by molar-refractivity contribution is -0.691. The van der Waals surface area contributed by atoms with Crippen LogP contribution in [0.2, 0.25) is 0 Å². The van der Waals surface area contributed by atoms with E-state index in [1.807, 2.05) is 32.2 Å². The third kappa shape index (κ3) is 1.90. The third-order valence-corrected chi connectivity index (χ3v) is 3.23. The van der Waals surface area contributed by atoms with Crippen molar-refractivity contribution in [1.82, 2.24) is 0 Å². The molecule has 18 heavy (non-hydrogen) atoms. The van der Waals surface area contributed by atoms with Gasteiger partial charge in [-0.1, -0.05) is 13.8 Å². The fraction of sp³-hybridized carbons (Fsp3) is 0.400. The number of benzene rings is 1. The fourth-order valence-electron chi connectivity index (χ4n) is 2.40. The van der Waals surface area contributed by atoms with Crippen LogP contribution in [-0.2, 0) is 0 Å². The van der Waals surface area contributed by atoms with E-state index in [9.17, 15) is 10.2 Å². The van der Waals surface area contributed by atoms with Crippen LogP contribution >= 0.6 is 0 Å². The molecule has 2 aromatic rings. The molecule has 0 spiro atoms. The number of nitrogens with zero attached hydrogens (tertiary/aromatic N) is 1. The molecule has 0 aliphatic carbocycles. The molecule has 2 rings (SSSR count). The molecule has 1 aromatic heterocycles. The number of fused-ring (bicyclic) bond motifs is 1. The van der Waals surface area contributed by atoms with Gasteiger partial charge in [-0.2, -0.15) is 4.57 Å². The van der Waals surface area contributed by atoms with Crippen molar-refractivity contribution >= 4 is 10.9 Å². The van der Waals surface area contributed by atoms with Crippen LogP contribution in [-0.4, -0.2) is 10.2 Å². The minimum Gasteiger partial charge on any atom is -0.504 e. The molecule has 0 fully saturated rings. The lowest BCUT2D eigenvalue weighted by atomic mass is 9.97. The van der Waals surface area contributed by atoms with Gasteiger partial charge in [0.1, 0.15) is 0 Å². The summed E-state index contributed by atoms with van der Waals surface area (Å²) >= 11 is 0. The number of hydrogen-bond acceptors (Lipinski definition) is 2. The van der Waals surface area contributed by atoms with Crippen molar-refractivity contribution in [1.29, 1.82) is 0 Å². The van der Waals surface area contributed by atoms with Gasteiger partial charge in [-0.05, 0) is 31.9 Å². The van der Waals surface area contributed by atoms with E-state index < -0.39 is 0 Å². The summed E-state index contributed by atoms with van der Waals surface area (Å²) in [4.78, 5) is 0. The number of aromatic hydroxyl groups is 2. The van der Waals surface area contributed by atoms with Gasteiger partial charge in [0.15, 0.2) is 23.7 Å². The Kier molecular flexibility index (Phi) is 3.16. The highest BCUT2D eigenvalue weighted by Crippen LogP contribution is 2.38. The molecular weight excluding hydrogens is 226 g/mol. The topological polar surface area (TPSA) is 44.3 Å². The van der Waals surface area contributed by atoms with Crippen molar-refractivity contribution in [2.24, 2.45) is 0 Å². The minimum atomic E-state index is -0.0484. The largest absolute Gasteiger partial charge is 0.504 e. The van der Waals surface area contributed by atoms with Crippen LogP contribution in [0.4, 0.5) is 0 Å². The molecule has 3 heteroatoms. The highest BCUT2D eigenvalue weighted by molar-refractivity contribution is 5.84. The lowest BCUT2D eigenvalue weighted by Gasteiger charge is -2.13. The Hall–Kier alpha value is -1.77. The summed E-state index contributed by atoms with van der Waals surface area (Å²) in [7, 11) is 0. The average Bonchev–Trinajstić information content (AvgIpc) is 2.29. The second kappa shape index (κ2) is 4.48. The Bertz CT molecular complexity index is 589. The molecule has 0 radical (unpaired) electrons. The first-order chi connectivity index (χ1) is 8.43. The zero-order valence-corrected chi connectivity index (χ0v) is 11.3. The molecule has 0 aliphatic rings. The van der Waals surface area contributed by atoms with Gasteiger partial charge in [-0.25, -0.2) is 0 Å². The summed E-state index contributed by atoms with van der Waals surface area (Å²) in [5, 5.41) is 20.9. The van der Waals surface area contributed by atoms with Crippen molar-refractivity contribution in [3.63, 3.8) is 0 Å². The normalized spacial score (nSPS) is 11.7. The van der Waals surface area contributed by atoms with Crippen LogP contribution in [0.3, 0.4) is 0 Å². The van der Waals surface area contributed by atoms with Crippen LogP contribution < -0.4 is 4.57 Å². The van der Waals surface area contributed by atoms with Crippen LogP contribution in [0.25, 0.3) is 10.9 Å². The third-order valence-electron chi connectivity index (χ3n) is 3.23. The molecule has 0 unspecified atom stereocenters. The Morgan fingerprint density at radius 2 is 1.78 bits per heavy atom. The molecule has 1 aromatic carbocycles. The Balaban J connectivity index is 2.95. The first-order valence-electron chi connectivity index (χ1n) is 6.32. The summed E-state index contributed by atoms with van der Waals surface area (Å²) in [5.74, 6) is 0.0952. The van der Waals surface area contributed by atoms with Crippen LogP contribution in [0.15, 0.2) is 24.4 Å². The number of rotatable bonds is 2. The maximum Gasteiger partial charge on any atom is 0.220 e. The molecule has 3 nitrogen and oxygen atoms in total. The highest BCUT2D eigenvalue weighted by atomic mass is 16.3. The van der Waals surface area contributed by atoms with Crippen molar-refractivity contribution in [2.75, 3.05) is 0 Å². The van der Waals surface area contributed by atoms with E-state index in [-0.39, 0.29) is 17.4 Å². The van der Waals surface area contributed by atoms with Gasteiger partial charge in [0.25, 0.3) is 0 Å². The van der Waals surface area contributed by atoms with E-state index in [4.69, 9.17) is 0 Å². The summed E-state index contributed by atoms with van der Waals surface area (Å²) < 4.78 is 2.13. The van der Waals surface area contributed by atoms with E-state index >= 15 is 0 Å². The van der Waals surface area contributed by atoms with Gasteiger partial charge in [-0.3, -0.25) is 0 Å². The lowest BCUT2D eigenvalue weighted by Crippen LogP contribution is -2.37. The number of phenols is 2. The molecule has 0 atom stereocenters. The maximum atomic E-state index is 10.1. The van der Waals surface area contributed by atoms with E-state index in [1.54, 1.807) is 6.07 Å². The molecule has 0 bridgehead atoms. The Morgan fingerprint density at radius 1 is 1.11 bits per heavy atom. The van der Waals surface area contributed by atoms with Gasteiger partial charge >= 0.3 is 0 Å². The minimum absolute atomic E-state index is 0.00176. The Labute approximate surface area is 107 Å². The van der Waals surface area contributed by atoms with Crippen molar-refractivity contribution in [3.8, 4) is 11.5 Å². The monoisotopic (exact) mass is 246 g/mol. The quantitative estimate of drug-likeness (QED) is 0.631. The number of hydrogen-bond donors (Lipinski definition) is 2. The van der Waals surface area contributed by atoms with Gasteiger partial charge in [0.05, 0.1) is 10.9 Å². The number of aromatic nitrogens is 1. The SMILES string of the molecule is CC(C)c1c(O)c(O)cc2ccc[n+](C(C)C)c12. The summed E-state index contributed by atoms with van der Waals surface area (Å²) in [6, 6.07) is 5.84. The van der Waals surface area contributed by atoms with E-state index in [0.717, 1.165) is 16.5 Å². The van der Waals surface area contributed by atoms with E-state index in [2.05, 4.69) is 18.4 Å². The van der Waals surface area contributed by atoms with E-state index in [1.165, 1.54) is 0 Å². The molecule has 1 heterocycles. The molecule has 0 aliphatic heterocycles. The molecule has 0 saturated heterocycles. The van der Waals surface area contributed by atoms with Crippen LogP contribution in [0.5, 0.6) is 11.5 Å². The van der Waals surface area contributed by atoms with Gasteiger partial charge in [0, 0.05) is 6.07 Å². The standard InChI is InChI=1S/C15H19NO2/c1-9(2)13-14-11(8-12(17)15(13)18)6-5-7-16(14)10(3)4/h5-10,17H,1-4H3/p+1. The first-order valence-corrected chi connectivity index (χ1v) is 6.32. The molecular formula is C15H20NO2+. The second-order valence-corrected chi connectivity index (χ2v) is 5.26. The Morgan fingerprint density at radius 3 is 2.33 bits per heavy atom. The number of phenolic OH excluding ortho intramolecular Hbond substituents is 2. The number of pyridine rings is 1. The molecule has 96 valence electrons. The molecule has 0 amide bonds. The van der Waals surface area contributed by atoms with E-state index in [0.29, 0.717) is 6.04 Å². The first kappa shape index (κ1) is 12.7. The highest BCUT2D eigenvalue weighted by Gasteiger charge is 2.23. The maximum absolute atomic E-state index is 10.1. The summed E-state index contributed by atoms with van der Waals surface area (Å²) in [6.45, 7) is 8.25. The summed E-state index contributed by atoms with van der Waals surface area (Å²) in [6.07, 6.45) is 2.01. The van der Waals surface area contributed by atoms with Gasteiger partial charge < -0.3 is 10.2 Å². The average molecular weight is 246 g/mol. The zero-order valence-electron chi connectivity index (χ0n) is 11.3. The van der Waals surface area contributed by atoms with Crippen LogP contribution in [0, 0.1) is 0 Å². The second-order valence-electron chi connectivity index (χ2n) is 5.26. The zero-order chi connectivity index (χ0) is 13.4.